The molecule has 0 aliphatic carbocycles. The first-order valence-corrected chi connectivity index (χ1v) is 7.12. The van der Waals surface area contributed by atoms with Crippen LogP contribution in [-0.4, -0.2) is 20.6 Å². The fourth-order valence-corrected chi connectivity index (χ4v) is 2.22. The summed E-state index contributed by atoms with van der Waals surface area (Å²) in [5.74, 6) is -0.485. The van der Waals surface area contributed by atoms with E-state index in [0.29, 0.717) is 0 Å². The highest BCUT2D eigenvalue weighted by Crippen LogP contribution is 2.18. The monoisotopic (exact) mass is 302 g/mol. The lowest BCUT2D eigenvalue weighted by atomic mass is 10.0. The second kappa shape index (κ2) is 7.35. The van der Waals surface area contributed by atoms with E-state index in [1.165, 1.54) is 16.9 Å². The van der Waals surface area contributed by atoms with Crippen LogP contribution in [0.1, 0.15) is 31.4 Å². The largest absolute Gasteiger partial charge is 0.389 e. The predicted octanol–water partition coefficient (Wildman–Crippen LogP) is 2.45. The van der Waals surface area contributed by atoms with Crippen molar-refractivity contribution in [1.82, 2.24) is 15.1 Å². The Kier molecular flexibility index (Phi) is 5.24. The molecular formula is C15H18N4O3. The van der Waals surface area contributed by atoms with Crippen LogP contribution in [0.2, 0.25) is 0 Å². The van der Waals surface area contributed by atoms with Crippen LogP contribution in [0.4, 0.5) is 5.82 Å². The molecule has 1 aromatic carbocycles. The molecule has 22 heavy (non-hydrogen) atoms. The summed E-state index contributed by atoms with van der Waals surface area (Å²) < 4.78 is 1.27. The third-order valence-corrected chi connectivity index (χ3v) is 3.23. The van der Waals surface area contributed by atoms with Crippen LogP contribution in [-0.2, 0) is 11.3 Å². The van der Waals surface area contributed by atoms with E-state index in [1.807, 2.05) is 30.3 Å². The number of carbonyl (C=O) groups is 1. The summed E-state index contributed by atoms with van der Waals surface area (Å²) in [6, 6.07) is 10.9. The zero-order valence-electron chi connectivity index (χ0n) is 12.3. The van der Waals surface area contributed by atoms with Gasteiger partial charge in [0.05, 0.1) is 23.4 Å². The van der Waals surface area contributed by atoms with E-state index in [0.717, 1.165) is 18.4 Å². The Balaban J connectivity index is 2.00. The molecule has 7 nitrogen and oxygen atoms in total. The summed E-state index contributed by atoms with van der Waals surface area (Å²) in [4.78, 5) is 22.1. The molecule has 1 N–H and O–H groups in total. The van der Waals surface area contributed by atoms with Gasteiger partial charge < -0.3 is 15.4 Å². The summed E-state index contributed by atoms with van der Waals surface area (Å²) in [5, 5.41) is 17.3. The quantitative estimate of drug-likeness (QED) is 0.628. The number of hydrogen-bond donors (Lipinski definition) is 1. The Labute approximate surface area is 128 Å². The summed E-state index contributed by atoms with van der Waals surface area (Å²) in [6.07, 6.45) is 3.19. The summed E-state index contributed by atoms with van der Waals surface area (Å²) in [7, 11) is 0. The first-order chi connectivity index (χ1) is 10.6. The molecule has 0 saturated carbocycles. The van der Waals surface area contributed by atoms with Crippen LogP contribution in [0.25, 0.3) is 0 Å². The summed E-state index contributed by atoms with van der Waals surface area (Å²) in [5.41, 5.74) is 1.05. The molecule has 1 atom stereocenters. The highest BCUT2D eigenvalue weighted by molar-refractivity contribution is 5.76. The van der Waals surface area contributed by atoms with Crippen molar-refractivity contribution in [3.8, 4) is 0 Å². The molecule has 0 aliphatic heterocycles. The van der Waals surface area contributed by atoms with E-state index < -0.39 is 4.92 Å². The number of benzene rings is 1. The Bertz CT molecular complexity index is 639. The number of nitrogens with zero attached hydrogens (tertiary/aromatic N) is 3. The van der Waals surface area contributed by atoms with Crippen molar-refractivity contribution in [2.75, 3.05) is 0 Å². The minimum Gasteiger partial charge on any atom is -0.358 e. The van der Waals surface area contributed by atoms with Crippen LogP contribution in [0, 0.1) is 10.1 Å². The van der Waals surface area contributed by atoms with Gasteiger partial charge in [-0.25, -0.2) is 0 Å². The molecule has 0 spiro atoms. The maximum Gasteiger partial charge on any atom is 0.389 e. The number of rotatable bonds is 7. The lowest BCUT2D eigenvalue weighted by Crippen LogP contribution is -2.31. The zero-order chi connectivity index (χ0) is 15.9. The van der Waals surface area contributed by atoms with Crippen molar-refractivity contribution in [1.29, 1.82) is 0 Å². The molecule has 7 heteroatoms. The van der Waals surface area contributed by atoms with Gasteiger partial charge in [-0.1, -0.05) is 43.7 Å². The predicted molar refractivity (Wildman–Crippen MR) is 81.1 cm³/mol. The van der Waals surface area contributed by atoms with Gasteiger partial charge in [0, 0.05) is 0 Å². The maximum absolute atomic E-state index is 12.1. The number of hydrogen-bond acceptors (Lipinski definition) is 4. The van der Waals surface area contributed by atoms with E-state index in [4.69, 9.17) is 0 Å². The Morgan fingerprint density at radius 3 is 2.68 bits per heavy atom. The van der Waals surface area contributed by atoms with E-state index >= 15 is 0 Å². The fourth-order valence-electron chi connectivity index (χ4n) is 2.22. The Hall–Kier alpha value is -2.70. The van der Waals surface area contributed by atoms with E-state index in [9.17, 15) is 14.9 Å². The lowest BCUT2D eigenvalue weighted by molar-refractivity contribution is -0.389. The molecule has 2 rings (SSSR count). The van der Waals surface area contributed by atoms with Gasteiger partial charge >= 0.3 is 5.82 Å². The molecule has 1 amide bonds. The van der Waals surface area contributed by atoms with Gasteiger partial charge in [-0.15, -0.1) is 0 Å². The molecule has 1 aromatic heterocycles. The van der Waals surface area contributed by atoms with Crippen LogP contribution in [0.3, 0.4) is 0 Å². The normalized spacial score (nSPS) is 11.9. The molecule has 1 unspecified atom stereocenters. The molecule has 0 fully saturated rings. The van der Waals surface area contributed by atoms with Gasteiger partial charge in [0.25, 0.3) is 0 Å². The number of aromatic nitrogens is 2. The summed E-state index contributed by atoms with van der Waals surface area (Å²) in [6.45, 7) is 2.01. The van der Waals surface area contributed by atoms with Crippen LogP contribution >= 0.6 is 0 Å². The van der Waals surface area contributed by atoms with Crippen molar-refractivity contribution in [3.05, 3.63) is 58.3 Å². The lowest BCUT2D eigenvalue weighted by Gasteiger charge is -2.18. The molecule has 0 bridgehead atoms. The molecule has 2 aromatic rings. The first kappa shape index (κ1) is 15.7. The van der Waals surface area contributed by atoms with Crippen LogP contribution in [0.15, 0.2) is 42.6 Å². The van der Waals surface area contributed by atoms with Gasteiger partial charge in [0.15, 0.2) is 0 Å². The second-order valence-corrected chi connectivity index (χ2v) is 4.95. The standard InChI is InChI=1S/C15H18N4O3/c1-2-6-13(12-7-4-3-5-8-12)16-15(20)11-18-10-9-14(17-18)19(21)22/h3-5,7-10,13H,2,6,11H2,1H3,(H,16,20). The Morgan fingerprint density at radius 1 is 1.36 bits per heavy atom. The first-order valence-electron chi connectivity index (χ1n) is 7.12. The molecule has 0 saturated heterocycles. The SMILES string of the molecule is CCCC(NC(=O)Cn1ccc([N+](=O)[O-])n1)c1ccccc1. The van der Waals surface area contributed by atoms with E-state index in [2.05, 4.69) is 17.3 Å². The summed E-state index contributed by atoms with van der Waals surface area (Å²) >= 11 is 0. The van der Waals surface area contributed by atoms with Crippen molar-refractivity contribution in [3.63, 3.8) is 0 Å². The van der Waals surface area contributed by atoms with Crippen LogP contribution < -0.4 is 5.32 Å². The number of nitrogens with one attached hydrogen (secondary N) is 1. The van der Waals surface area contributed by atoms with E-state index in [1.54, 1.807) is 0 Å². The van der Waals surface area contributed by atoms with Gasteiger partial charge in [-0.2, -0.15) is 4.68 Å². The van der Waals surface area contributed by atoms with Crippen molar-refractivity contribution in [2.24, 2.45) is 0 Å². The molecule has 116 valence electrons. The highest BCUT2D eigenvalue weighted by atomic mass is 16.6. The fraction of sp³-hybridized carbons (Fsp3) is 0.333. The molecule has 0 radical (unpaired) electrons. The van der Waals surface area contributed by atoms with Gasteiger partial charge in [-0.3, -0.25) is 4.79 Å². The van der Waals surface area contributed by atoms with Gasteiger partial charge in [0.1, 0.15) is 6.54 Å². The third-order valence-electron chi connectivity index (χ3n) is 3.23. The van der Waals surface area contributed by atoms with Crippen molar-refractivity contribution >= 4 is 11.7 Å². The minimum atomic E-state index is -0.585. The zero-order valence-corrected chi connectivity index (χ0v) is 12.3. The smallest absolute Gasteiger partial charge is 0.358 e. The number of carbonyl (C=O) groups excluding carboxylic acids is 1. The Morgan fingerprint density at radius 2 is 2.09 bits per heavy atom. The highest BCUT2D eigenvalue weighted by Gasteiger charge is 2.17. The van der Waals surface area contributed by atoms with Crippen molar-refractivity contribution < 1.29 is 9.72 Å². The second-order valence-electron chi connectivity index (χ2n) is 4.95. The third kappa shape index (κ3) is 4.15. The molecular weight excluding hydrogens is 284 g/mol. The topological polar surface area (TPSA) is 90.1 Å². The average Bonchev–Trinajstić information content (AvgIpc) is 2.96. The van der Waals surface area contributed by atoms with Crippen molar-refractivity contribution in [2.45, 2.75) is 32.4 Å². The van der Waals surface area contributed by atoms with Crippen LogP contribution in [0.5, 0.6) is 0 Å². The van der Waals surface area contributed by atoms with Gasteiger partial charge in [0.2, 0.25) is 5.91 Å². The van der Waals surface area contributed by atoms with Gasteiger partial charge in [-0.05, 0) is 16.9 Å². The molecule has 1 heterocycles. The van der Waals surface area contributed by atoms with E-state index in [-0.39, 0.29) is 24.3 Å². The minimum absolute atomic E-state index is 0.0408. The average molecular weight is 302 g/mol. The maximum atomic E-state index is 12.1. The molecule has 0 aliphatic rings. The number of nitro groups is 1. The number of amides is 1.